The molecule has 2 unspecified atom stereocenters. The van der Waals surface area contributed by atoms with Gasteiger partial charge in [-0.05, 0) is 20.3 Å². The second-order valence-electron chi connectivity index (χ2n) is 4.36. The standard InChI is InChI=1S/C10H15F3N2O2/c1-4-9(3)8(17)14-6(2)7(16)15(9)5-10(11,12)13/h6H,4-5H2,1-3H3,(H,14,17). The maximum Gasteiger partial charge on any atom is 0.406 e. The van der Waals surface area contributed by atoms with Crippen LogP contribution in [0.25, 0.3) is 0 Å². The number of rotatable bonds is 2. The lowest BCUT2D eigenvalue weighted by Gasteiger charge is -2.45. The molecule has 1 aliphatic heterocycles. The van der Waals surface area contributed by atoms with E-state index < -0.39 is 36.1 Å². The average Bonchev–Trinajstić information content (AvgIpc) is 2.20. The maximum atomic E-state index is 12.4. The van der Waals surface area contributed by atoms with E-state index in [0.29, 0.717) is 4.90 Å². The van der Waals surface area contributed by atoms with Gasteiger partial charge in [-0.2, -0.15) is 13.2 Å². The Morgan fingerprint density at radius 1 is 1.41 bits per heavy atom. The Morgan fingerprint density at radius 2 is 1.94 bits per heavy atom. The van der Waals surface area contributed by atoms with Gasteiger partial charge in [0.1, 0.15) is 18.1 Å². The normalized spacial score (nSPS) is 30.5. The number of alkyl halides is 3. The van der Waals surface area contributed by atoms with Gasteiger partial charge in [0.05, 0.1) is 0 Å². The highest BCUT2D eigenvalue weighted by molar-refractivity contribution is 5.99. The van der Waals surface area contributed by atoms with Crippen LogP contribution in [0.3, 0.4) is 0 Å². The number of piperazine rings is 1. The Balaban J connectivity index is 3.08. The van der Waals surface area contributed by atoms with Gasteiger partial charge in [-0.3, -0.25) is 9.59 Å². The van der Waals surface area contributed by atoms with E-state index in [1.807, 2.05) is 0 Å². The van der Waals surface area contributed by atoms with Gasteiger partial charge in [0.15, 0.2) is 0 Å². The molecule has 0 aromatic rings. The third-order valence-electron chi connectivity index (χ3n) is 3.09. The summed E-state index contributed by atoms with van der Waals surface area (Å²) in [4.78, 5) is 24.1. The average molecular weight is 252 g/mol. The van der Waals surface area contributed by atoms with Crippen LogP contribution in [0, 0.1) is 0 Å². The zero-order valence-electron chi connectivity index (χ0n) is 9.89. The van der Waals surface area contributed by atoms with Crippen molar-refractivity contribution in [2.45, 2.75) is 44.9 Å². The zero-order valence-corrected chi connectivity index (χ0v) is 9.89. The van der Waals surface area contributed by atoms with Crippen molar-refractivity contribution in [1.82, 2.24) is 10.2 Å². The van der Waals surface area contributed by atoms with Gasteiger partial charge in [0.25, 0.3) is 0 Å². The van der Waals surface area contributed by atoms with E-state index >= 15 is 0 Å². The first kappa shape index (κ1) is 13.8. The van der Waals surface area contributed by atoms with Gasteiger partial charge >= 0.3 is 6.18 Å². The molecule has 0 aromatic carbocycles. The summed E-state index contributed by atoms with van der Waals surface area (Å²) in [5.41, 5.74) is -1.43. The van der Waals surface area contributed by atoms with Crippen LogP contribution in [0.4, 0.5) is 13.2 Å². The predicted octanol–water partition coefficient (Wildman–Crippen LogP) is 1.06. The van der Waals surface area contributed by atoms with Gasteiger partial charge in [-0.1, -0.05) is 6.92 Å². The summed E-state index contributed by atoms with van der Waals surface area (Å²) < 4.78 is 37.3. The minimum atomic E-state index is -4.51. The molecule has 0 saturated carbocycles. The summed E-state index contributed by atoms with van der Waals surface area (Å²) in [6.07, 6.45) is -4.38. The Morgan fingerprint density at radius 3 is 2.35 bits per heavy atom. The molecule has 17 heavy (non-hydrogen) atoms. The van der Waals surface area contributed by atoms with Crippen LogP contribution in [0.5, 0.6) is 0 Å². The molecule has 4 nitrogen and oxygen atoms in total. The molecule has 98 valence electrons. The van der Waals surface area contributed by atoms with Gasteiger partial charge in [-0.25, -0.2) is 0 Å². The van der Waals surface area contributed by atoms with E-state index in [1.165, 1.54) is 13.8 Å². The van der Waals surface area contributed by atoms with Crippen LogP contribution in [-0.4, -0.2) is 41.0 Å². The molecule has 0 bridgehead atoms. The third kappa shape index (κ3) is 2.53. The van der Waals surface area contributed by atoms with Gasteiger partial charge in [0, 0.05) is 0 Å². The summed E-state index contributed by atoms with van der Waals surface area (Å²) in [5, 5.41) is 2.39. The smallest absolute Gasteiger partial charge is 0.343 e. The number of carbonyl (C=O) groups excluding carboxylic acids is 2. The largest absolute Gasteiger partial charge is 0.406 e. The van der Waals surface area contributed by atoms with E-state index in [4.69, 9.17) is 0 Å². The monoisotopic (exact) mass is 252 g/mol. The number of halogens is 3. The lowest BCUT2D eigenvalue weighted by Crippen LogP contribution is -2.69. The first-order valence-electron chi connectivity index (χ1n) is 5.31. The Hall–Kier alpha value is -1.27. The minimum absolute atomic E-state index is 0.132. The number of hydrogen-bond acceptors (Lipinski definition) is 2. The first-order chi connectivity index (χ1) is 7.62. The first-order valence-corrected chi connectivity index (χ1v) is 5.31. The molecule has 7 heteroatoms. The fraction of sp³-hybridized carbons (Fsp3) is 0.800. The lowest BCUT2D eigenvalue weighted by atomic mass is 9.91. The molecule has 1 rings (SSSR count). The van der Waals surface area contributed by atoms with Crippen molar-refractivity contribution < 1.29 is 22.8 Å². The van der Waals surface area contributed by atoms with Crippen molar-refractivity contribution in [3.63, 3.8) is 0 Å². The Kier molecular flexibility index (Phi) is 3.40. The number of nitrogens with one attached hydrogen (secondary N) is 1. The molecule has 0 spiro atoms. The van der Waals surface area contributed by atoms with E-state index in [-0.39, 0.29) is 6.42 Å². The molecule has 1 aliphatic rings. The molecule has 0 radical (unpaired) electrons. The molecule has 0 aliphatic carbocycles. The molecule has 1 fully saturated rings. The SMILES string of the molecule is CCC1(C)C(=O)NC(C)C(=O)N1CC(F)(F)F. The summed E-state index contributed by atoms with van der Waals surface area (Å²) >= 11 is 0. The Labute approximate surface area is 97.1 Å². The van der Waals surface area contributed by atoms with E-state index in [1.54, 1.807) is 6.92 Å². The quantitative estimate of drug-likeness (QED) is 0.799. The summed E-state index contributed by atoms with van der Waals surface area (Å²) in [6, 6.07) is -0.913. The zero-order chi connectivity index (χ0) is 13.4. The summed E-state index contributed by atoms with van der Waals surface area (Å²) in [7, 11) is 0. The highest BCUT2D eigenvalue weighted by atomic mass is 19.4. The van der Waals surface area contributed by atoms with Crippen LogP contribution in [0.15, 0.2) is 0 Å². The Bertz CT molecular complexity index is 343. The summed E-state index contributed by atoms with van der Waals surface area (Å²) in [5.74, 6) is -1.25. The number of hydrogen-bond donors (Lipinski definition) is 1. The van der Waals surface area contributed by atoms with Crippen molar-refractivity contribution in [3.8, 4) is 0 Å². The van der Waals surface area contributed by atoms with Crippen LogP contribution >= 0.6 is 0 Å². The minimum Gasteiger partial charge on any atom is -0.343 e. The topological polar surface area (TPSA) is 49.4 Å². The number of nitrogens with zero attached hydrogens (tertiary/aromatic N) is 1. The lowest BCUT2D eigenvalue weighted by molar-refractivity contribution is -0.182. The van der Waals surface area contributed by atoms with Crippen LogP contribution in [0.1, 0.15) is 27.2 Å². The number of carbonyl (C=O) groups is 2. The molecular weight excluding hydrogens is 237 g/mol. The van der Waals surface area contributed by atoms with Crippen molar-refractivity contribution in [2.24, 2.45) is 0 Å². The summed E-state index contributed by atoms with van der Waals surface area (Å²) in [6.45, 7) is 2.90. The third-order valence-corrected chi connectivity index (χ3v) is 3.09. The van der Waals surface area contributed by atoms with Gasteiger partial charge < -0.3 is 10.2 Å². The fourth-order valence-electron chi connectivity index (χ4n) is 1.80. The molecule has 2 amide bonds. The van der Waals surface area contributed by atoms with E-state index in [2.05, 4.69) is 5.32 Å². The van der Waals surface area contributed by atoms with E-state index in [9.17, 15) is 22.8 Å². The highest BCUT2D eigenvalue weighted by Crippen LogP contribution is 2.29. The number of amides is 2. The van der Waals surface area contributed by atoms with E-state index in [0.717, 1.165) is 0 Å². The molecule has 1 heterocycles. The van der Waals surface area contributed by atoms with Crippen molar-refractivity contribution in [1.29, 1.82) is 0 Å². The van der Waals surface area contributed by atoms with Crippen LogP contribution < -0.4 is 5.32 Å². The van der Waals surface area contributed by atoms with Gasteiger partial charge in [0.2, 0.25) is 11.8 Å². The highest BCUT2D eigenvalue weighted by Gasteiger charge is 2.50. The van der Waals surface area contributed by atoms with Crippen molar-refractivity contribution in [2.75, 3.05) is 6.54 Å². The van der Waals surface area contributed by atoms with Crippen molar-refractivity contribution >= 4 is 11.8 Å². The van der Waals surface area contributed by atoms with Crippen LogP contribution in [0.2, 0.25) is 0 Å². The predicted molar refractivity (Wildman–Crippen MR) is 54.1 cm³/mol. The molecule has 1 N–H and O–H groups in total. The van der Waals surface area contributed by atoms with Gasteiger partial charge in [-0.15, -0.1) is 0 Å². The second kappa shape index (κ2) is 4.19. The molecular formula is C10H15F3N2O2. The molecule has 1 saturated heterocycles. The maximum absolute atomic E-state index is 12.4. The van der Waals surface area contributed by atoms with Crippen LogP contribution in [-0.2, 0) is 9.59 Å². The second-order valence-corrected chi connectivity index (χ2v) is 4.36. The van der Waals surface area contributed by atoms with Crippen molar-refractivity contribution in [3.05, 3.63) is 0 Å². The molecule has 2 atom stereocenters. The molecule has 0 aromatic heterocycles. The fourth-order valence-corrected chi connectivity index (χ4v) is 1.80.